The summed E-state index contributed by atoms with van der Waals surface area (Å²) in [6, 6.07) is 2.48. The second kappa shape index (κ2) is 5.99. The molecule has 21 heavy (non-hydrogen) atoms. The molecule has 1 aliphatic rings. The largest absolute Gasteiger partial charge is 0.317 e. The molecule has 1 saturated heterocycles. The summed E-state index contributed by atoms with van der Waals surface area (Å²) in [5.41, 5.74) is 0. The molecular weight excluding hydrogens is 319 g/mol. The van der Waals surface area contributed by atoms with Crippen molar-refractivity contribution in [1.82, 2.24) is 10.0 Å². The van der Waals surface area contributed by atoms with E-state index >= 15 is 0 Å². The van der Waals surface area contributed by atoms with Gasteiger partial charge in [-0.3, -0.25) is 0 Å². The molecule has 2 N–H and O–H groups in total. The van der Waals surface area contributed by atoms with Gasteiger partial charge in [0.2, 0.25) is 10.0 Å². The second-order valence-corrected chi connectivity index (χ2v) is 8.71. The van der Waals surface area contributed by atoms with Crippen LogP contribution in [-0.4, -0.2) is 42.2 Å². The smallest absolute Gasteiger partial charge is 0.243 e. The van der Waals surface area contributed by atoms with E-state index in [1.54, 1.807) is 0 Å². The van der Waals surface area contributed by atoms with Crippen LogP contribution >= 0.6 is 0 Å². The van der Waals surface area contributed by atoms with Crippen LogP contribution in [-0.2, 0) is 19.9 Å². The lowest BCUT2D eigenvalue weighted by Gasteiger charge is -2.23. The van der Waals surface area contributed by atoms with Crippen LogP contribution in [0.15, 0.2) is 28.0 Å². The highest BCUT2D eigenvalue weighted by Gasteiger charge is 2.25. The van der Waals surface area contributed by atoms with E-state index in [4.69, 9.17) is 0 Å². The highest BCUT2D eigenvalue weighted by molar-refractivity contribution is 7.91. The van der Waals surface area contributed by atoms with Crippen molar-refractivity contribution in [3.05, 3.63) is 24.0 Å². The Hall–Kier alpha value is -1.03. The van der Waals surface area contributed by atoms with Crippen LogP contribution in [0.2, 0.25) is 0 Å². The van der Waals surface area contributed by atoms with Crippen molar-refractivity contribution in [2.24, 2.45) is 0 Å². The summed E-state index contributed by atoms with van der Waals surface area (Å²) in [4.78, 5) is -0.862. The second-order valence-electron chi connectivity index (χ2n) is 5.01. The lowest BCUT2D eigenvalue weighted by Crippen LogP contribution is -2.42. The molecule has 1 aromatic carbocycles. The summed E-state index contributed by atoms with van der Waals surface area (Å²) in [7, 11) is -7.69. The van der Waals surface area contributed by atoms with Crippen LogP contribution in [0.5, 0.6) is 0 Å². The Morgan fingerprint density at radius 2 is 1.81 bits per heavy atom. The monoisotopic (exact) mass is 336 g/mol. The number of benzene rings is 1. The molecule has 2 rings (SSSR count). The Morgan fingerprint density at radius 3 is 2.38 bits per heavy atom. The van der Waals surface area contributed by atoms with Crippen molar-refractivity contribution in [3.63, 3.8) is 0 Å². The predicted octanol–water partition coefficient (Wildman–Crippen LogP) is 0.259. The number of halogens is 1. The Balaban J connectivity index is 2.34. The molecule has 0 radical (unpaired) electrons. The fourth-order valence-corrected chi connectivity index (χ4v) is 4.27. The summed E-state index contributed by atoms with van der Waals surface area (Å²) < 4.78 is 63.6. The van der Waals surface area contributed by atoms with Gasteiger partial charge in [0.25, 0.3) is 0 Å². The summed E-state index contributed by atoms with van der Waals surface area (Å²) in [6.07, 6.45) is 2.15. The average Bonchev–Trinajstić information content (AvgIpc) is 2.38. The van der Waals surface area contributed by atoms with Crippen LogP contribution in [0.25, 0.3) is 0 Å². The minimum Gasteiger partial charge on any atom is -0.317 e. The molecule has 0 aliphatic carbocycles. The molecule has 6 nitrogen and oxygen atoms in total. The average molecular weight is 336 g/mol. The third-order valence-electron chi connectivity index (χ3n) is 3.28. The number of sulfone groups is 1. The standard InChI is InChI=1S/C12H17FN2O4S2/c1-20(16,17)10-2-3-11(13)12(8-10)21(18,19)15-9-4-6-14-7-5-9/h2-3,8-9,14-15H,4-7H2,1H3. The van der Waals surface area contributed by atoms with Crippen molar-refractivity contribution < 1.29 is 21.2 Å². The third-order valence-corrected chi connectivity index (χ3v) is 5.93. The minimum absolute atomic E-state index is 0.227. The predicted molar refractivity (Wildman–Crippen MR) is 75.7 cm³/mol. The first-order valence-corrected chi connectivity index (χ1v) is 9.80. The summed E-state index contributed by atoms with van der Waals surface area (Å²) in [6.45, 7) is 1.36. The molecule has 1 aliphatic heterocycles. The van der Waals surface area contributed by atoms with E-state index in [1.165, 1.54) is 0 Å². The van der Waals surface area contributed by atoms with Crippen molar-refractivity contribution in [2.75, 3.05) is 19.3 Å². The Kier molecular flexibility index (Phi) is 4.66. The molecule has 0 atom stereocenters. The number of nitrogens with one attached hydrogen (secondary N) is 2. The summed E-state index contributed by atoms with van der Waals surface area (Å²) >= 11 is 0. The van der Waals surface area contributed by atoms with Crippen molar-refractivity contribution in [2.45, 2.75) is 28.7 Å². The van der Waals surface area contributed by atoms with Gasteiger partial charge in [-0.1, -0.05) is 0 Å². The highest BCUT2D eigenvalue weighted by Crippen LogP contribution is 2.20. The molecule has 0 unspecified atom stereocenters. The lowest BCUT2D eigenvalue weighted by atomic mass is 10.1. The van der Waals surface area contributed by atoms with Gasteiger partial charge in [-0.2, -0.15) is 0 Å². The molecule has 0 bridgehead atoms. The fraction of sp³-hybridized carbons (Fsp3) is 0.500. The zero-order valence-electron chi connectivity index (χ0n) is 11.5. The van der Waals surface area contributed by atoms with Gasteiger partial charge in [-0.15, -0.1) is 0 Å². The van der Waals surface area contributed by atoms with E-state index in [9.17, 15) is 21.2 Å². The minimum atomic E-state index is -4.09. The number of rotatable bonds is 4. The molecular formula is C12H17FN2O4S2. The molecule has 0 aromatic heterocycles. The lowest BCUT2D eigenvalue weighted by molar-refractivity contribution is 0.426. The van der Waals surface area contributed by atoms with Gasteiger partial charge >= 0.3 is 0 Å². The first kappa shape index (κ1) is 16.3. The Bertz CT molecular complexity index is 726. The van der Waals surface area contributed by atoms with E-state index < -0.39 is 30.6 Å². The topological polar surface area (TPSA) is 92.3 Å². The van der Waals surface area contributed by atoms with Gasteiger partial charge in [0.15, 0.2) is 9.84 Å². The van der Waals surface area contributed by atoms with Gasteiger partial charge < -0.3 is 5.32 Å². The van der Waals surface area contributed by atoms with Gasteiger partial charge in [-0.05, 0) is 44.1 Å². The van der Waals surface area contributed by atoms with Crippen LogP contribution in [0, 0.1) is 5.82 Å². The Labute approximate surface area is 123 Å². The van der Waals surface area contributed by atoms with Crippen LogP contribution in [0.1, 0.15) is 12.8 Å². The maximum Gasteiger partial charge on any atom is 0.243 e. The van der Waals surface area contributed by atoms with E-state index in [0.717, 1.165) is 24.5 Å². The third kappa shape index (κ3) is 4.00. The van der Waals surface area contributed by atoms with Gasteiger partial charge in [0.05, 0.1) is 4.90 Å². The Morgan fingerprint density at radius 1 is 1.19 bits per heavy atom. The number of hydrogen-bond donors (Lipinski definition) is 2. The molecule has 0 saturated carbocycles. The summed E-state index contributed by atoms with van der Waals surface area (Å²) in [5.74, 6) is -0.969. The molecule has 1 fully saturated rings. The number of sulfonamides is 1. The first-order valence-electron chi connectivity index (χ1n) is 6.43. The molecule has 0 spiro atoms. The van der Waals surface area contributed by atoms with Crippen LogP contribution in [0.4, 0.5) is 4.39 Å². The first-order chi connectivity index (χ1) is 9.70. The van der Waals surface area contributed by atoms with E-state index in [0.29, 0.717) is 25.9 Å². The normalized spacial score (nSPS) is 17.8. The SMILES string of the molecule is CS(=O)(=O)c1ccc(F)c(S(=O)(=O)NC2CCNCC2)c1. The van der Waals surface area contributed by atoms with Crippen molar-refractivity contribution in [3.8, 4) is 0 Å². The quantitative estimate of drug-likeness (QED) is 0.770. The molecule has 0 amide bonds. The molecule has 9 heteroatoms. The van der Waals surface area contributed by atoms with Gasteiger partial charge in [-0.25, -0.2) is 25.9 Å². The number of hydrogen-bond acceptors (Lipinski definition) is 5. The van der Waals surface area contributed by atoms with Crippen molar-refractivity contribution >= 4 is 19.9 Å². The van der Waals surface area contributed by atoms with Gasteiger partial charge in [0.1, 0.15) is 10.7 Å². The molecule has 118 valence electrons. The summed E-state index contributed by atoms with van der Waals surface area (Å²) in [5, 5.41) is 3.09. The maximum atomic E-state index is 13.8. The van der Waals surface area contributed by atoms with E-state index in [1.807, 2.05) is 0 Å². The number of piperidine rings is 1. The molecule has 1 heterocycles. The zero-order valence-corrected chi connectivity index (χ0v) is 13.1. The van der Waals surface area contributed by atoms with Crippen molar-refractivity contribution in [1.29, 1.82) is 0 Å². The van der Waals surface area contributed by atoms with E-state index in [-0.39, 0.29) is 10.9 Å². The molecule has 1 aromatic rings. The van der Waals surface area contributed by atoms with Crippen LogP contribution < -0.4 is 10.0 Å². The van der Waals surface area contributed by atoms with E-state index in [2.05, 4.69) is 10.0 Å². The maximum absolute atomic E-state index is 13.8. The fourth-order valence-electron chi connectivity index (χ4n) is 2.14. The van der Waals surface area contributed by atoms with Gasteiger partial charge in [0, 0.05) is 12.3 Å². The zero-order chi connectivity index (χ0) is 15.7. The highest BCUT2D eigenvalue weighted by atomic mass is 32.2. The van der Waals surface area contributed by atoms with Crippen LogP contribution in [0.3, 0.4) is 0 Å².